The number of allylic oxidation sites excluding steroid dienone is 1. The third-order valence-electron chi connectivity index (χ3n) is 3.29. The molecule has 114 valence electrons. The van der Waals surface area contributed by atoms with Crippen LogP contribution in [0, 0.1) is 11.6 Å². The van der Waals surface area contributed by atoms with Gasteiger partial charge in [0, 0.05) is 11.1 Å². The molecule has 0 aliphatic carbocycles. The Balaban J connectivity index is 1.76. The van der Waals surface area contributed by atoms with Gasteiger partial charge in [0.15, 0.2) is 17.4 Å². The number of carbonyl (C=O) groups is 1. The first kappa shape index (κ1) is 14.8. The zero-order chi connectivity index (χ0) is 16.2. The summed E-state index contributed by atoms with van der Waals surface area (Å²) in [6.45, 7) is 0. The molecule has 0 unspecified atom stereocenters. The molecule has 3 rings (SSSR count). The Morgan fingerprint density at radius 2 is 1.78 bits per heavy atom. The molecule has 2 aromatic carbocycles. The number of rotatable bonds is 4. The average Bonchev–Trinajstić information content (AvgIpc) is 3.05. The summed E-state index contributed by atoms with van der Waals surface area (Å²) >= 11 is 0. The summed E-state index contributed by atoms with van der Waals surface area (Å²) in [5.41, 5.74) is 2.43. The Labute approximate surface area is 131 Å². The largest absolute Gasteiger partial charge is 0.289 e. The van der Waals surface area contributed by atoms with Crippen molar-refractivity contribution in [1.82, 2.24) is 10.2 Å². The van der Waals surface area contributed by atoms with E-state index in [2.05, 4.69) is 10.2 Å². The van der Waals surface area contributed by atoms with Crippen molar-refractivity contribution in [3.63, 3.8) is 0 Å². The maximum atomic E-state index is 13.1. The molecule has 3 aromatic rings. The predicted octanol–water partition coefficient (Wildman–Crippen LogP) is 4.25. The molecule has 1 N–H and O–H groups in total. The molecule has 5 heteroatoms. The average molecular weight is 310 g/mol. The van der Waals surface area contributed by atoms with Gasteiger partial charge in [-0.25, -0.2) is 8.78 Å². The van der Waals surface area contributed by atoms with Crippen molar-refractivity contribution in [1.29, 1.82) is 0 Å². The van der Waals surface area contributed by atoms with E-state index in [-0.39, 0.29) is 5.56 Å². The summed E-state index contributed by atoms with van der Waals surface area (Å²) in [5.74, 6) is -2.44. The van der Waals surface area contributed by atoms with Gasteiger partial charge in [-0.15, -0.1) is 0 Å². The quantitative estimate of drug-likeness (QED) is 0.578. The van der Waals surface area contributed by atoms with Gasteiger partial charge in [0.1, 0.15) is 0 Å². The van der Waals surface area contributed by atoms with Gasteiger partial charge in [0.2, 0.25) is 0 Å². The lowest BCUT2D eigenvalue weighted by molar-refractivity contribution is 0.104. The second kappa shape index (κ2) is 6.36. The fraction of sp³-hybridized carbons (Fsp3) is 0. The van der Waals surface area contributed by atoms with Crippen LogP contribution in [0.15, 0.2) is 60.7 Å². The molecule has 0 saturated carbocycles. The number of hydrogen-bond donors (Lipinski definition) is 1. The number of carbonyl (C=O) groups excluding carboxylic acids is 1. The lowest BCUT2D eigenvalue weighted by atomic mass is 10.1. The molecule has 1 aromatic heterocycles. The highest BCUT2D eigenvalue weighted by Gasteiger charge is 2.07. The summed E-state index contributed by atoms with van der Waals surface area (Å²) in [6.07, 6.45) is 2.83. The number of benzene rings is 2. The maximum absolute atomic E-state index is 13.1. The molecule has 0 atom stereocenters. The van der Waals surface area contributed by atoms with E-state index in [0.717, 1.165) is 23.4 Å². The molecule has 0 radical (unpaired) electrons. The fourth-order valence-corrected chi connectivity index (χ4v) is 2.09. The topological polar surface area (TPSA) is 45.8 Å². The number of nitrogens with one attached hydrogen (secondary N) is 1. The molecule has 3 nitrogen and oxygen atoms in total. The van der Waals surface area contributed by atoms with Crippen LogP contribution in [0.4, 0.5) is 8.78 Å². The van der Waals surface area contributed by atoms with E-state index in [1.165, 1.54) is 12.1 Å². The van der Waals surface area contributed by atoms with Crippen LogP contribution in [0.5, 0.6) is 0 Å². The summed E-state index contributed by atoms with van der Waals surface area (Å²) in [5, 5.41) is 6.97. The molecule has 0 amide bonds. The minimum Gasteiger partial charge on any atom is -0.289 e. The van der Waals surface area contributed by atoms with E-state index in [1.54, 1.807) is 12.1 Å². The molecular formula is C18H12F2N2O. The second-order valence-electron chi connectivity index (χ2n) is 4.90. The maximum Gasteiger partial charge on any atom is 0.186 e. The first-order valence-corrected chi connectivity index (χ1v) is 6.92. The Kier molecular flexibility index (Phi) is 4.10. The van der Waals surface area contributed by atoms with Gasteiger partial charge in [0.25, 0.3) is 0 Å². The summed E-state index contributed by atoms with van der Waals surface area (Å²) in [7, 11) is 0. The molecule has 0 saturated heterocycles. The summed E-state index contributed by atoms with van der Waals surface area (Å²) in [4.78, 5) is 11.9. The summed E-state index contributed by atoms with van der Waals surface area (Å²) in [6, 6.07) is 14.4. The van der Waals surface area contributed by atoms with Gasteiger partial charge < -0.3 is 0 Å². The third kappa shape index (κ3) is 3.40. The van der Waals surface area contributed by atoms with E-state index in [0.29, 0.717) is 5.69 Å². The van der Waals surface area contributed by atoms with Gasteiger partial charge in [-0.3, -0.25) is 9.89 Å². The minimum atomic E-state index is -1.04. The third-order valence-corrected chi connectivity index (χ3v) is 3.29. The normalized spacial score (nSPS) is 11.0. The molecule has 0 bridgehead atoms. The number of ketones is 1. The van der Waals surface area contributed by atoms with Crippen LogP contribution in [-0.4, -0.2) is 16.0 Å². The standard InChI is InChI=1S/C18H12F2N2O/c19-15-8-6-13(10-16(15)20)18(23)9-7-14-11-17(22-21-14)12-4-2-1-3-5-12/h1-11H,(H,21,22). The Morgan fingerprint density at radius 3 is 2.52 bits per heavy atom. The van der Waals surface area contributed by atoms with Crippen LogP contribution >= 0.6 is 0 Å². The Bertz CT molecular complexity index is 870. The van der Waals surface area contributed by atoms with Crippen molar-refractivity contribution >= 4 is 11.9 Å². The molecule has 23 heavy (non-hydrogen) atoms. The molecule has 0 aliphatic rings. The zero-order valence-electron chi connectivity index (χ0n) is 12.0. The molecule has 0 aliphatic heterocycles. The number of aromatic amines is 1. The molecule has 1 heterocycles. The van der Waals surface area contributed by atoms with E-state index in [9.17, 15) is 13.6 Å². The van der Waals surface area contributed by atoms with Crippen LogP contribution in [0.3, 0.4) is 0 Å². The van der Waals surface area contributed by atoms with Crippen molar-refractivity contribution < 1.29 is 13.6 Å². The van der Waals surface area contributed by atoms with Crippen molar-refractivity contribution in [3.8, 4) is 11.3 Å². The van der Waals surface area contributed by atoms with Gasteiger partial charge in [-0.1, -0.05) is 30.3 Å². The predicted molar refractivity (Wildman–Crippen MR) is 83.7 cm³/mol. The van der Waals surface area contributed by atoms with E-state index in [4.69, 9.17) is 0 Å². The smallest absolute Gasteiger partial charge is 0.186 e. The Morgan fingerprint density at radius 1 is 1.00 bits per heavy atom. The van der Waals surface area contributed by atoms with E-state index in [1.807, 2.05) is 30.3 Å². The number of H-pyrrole nitrogens is 1. The SMILES string of the molecule is O=C(C=Cc1cc(-c2ccccc2)n[nH]1)c1ccc(F)c(F)c1. The first-order valence-electron chi connectivity index (χ1n) is 6.92. The van der Waals surface area contributed by atoms with Crippen molar-refractivity contribution in [2.45, 2.75) is 0 Å². The highest BCUT2D eigenvalue weighted by Crippen LogP contribution is 2.17. The number of aromatic nitrogens is 2. The van der Waals surface area contributed by atoms with Crippen LogP contribution in [-0.2, 0) is 0 Å². The van der Waals surface area contributed by atoms with Gasteiger partial charge >= 0.3 is 0 Å². The number of nitrogens with zero attached hydrogens (tertiary/aromatic N) is 1. The van der Waals surface area contributed by atoms with E-state index >= 15 is 0 Å². The van der Waals surface area contributed by atoms with Crippen molar-refractivity contribution in [2.75, 3.05) is 0 Å². The number of hydrogen-bond acceptors (Lipinski definition) is 2. The van der Waals surface area contributed by atoms with Gasteiger partial charge in [0.05, 0.1) is 11.4 Å². The molecule has 0 fully saturated rings. The Hall–Kier alpha value is -3.08. The highest BCUT2D eigenvalue weighted by atomic mass is 19.2. The first-order chi connectivity index (χ1) is 11.1. The van der Waals surface area contributed by atoms with Gasteiger partial charge in [-0.05, 0) is 36.4 Å². The van der Waals surface area contributed by atoms with Crippen LogP contribution in [0.25, 0.3) is 17.3 Å². The highest BCUT2D eigenvalue weighted by molar-refractivity contribution is 6.06. The molecule has 0 spiro atoms. The van der Waals surface area contributed by atoms with Crippen molar-refractivity contribution in [2.24, 2.45) is 0 Å². The van der Waals surface area contributed by atoms with Gasteiger partial charge in [-0.2, -0.15) is 5.10 Å². The van der Waals surface area contributed by atoms with Crippen LogP contribution < -0.4 is 0 Å². The molecular weight excluding hydrogens is 298 g/mol. The number of halogens is 2. The van der Waals surface area contributed by atoms with Crippen LogP contribution in [0.2, 0.25) is 0 Å². The zero-order valence-corrected chi connectivity index (χ0v) is 12.0. The lowest BCUT2D eigenvalue weighted by Gasteiger charge is -1.96. The monoisotopic (exact) mass is 310 g/mol. The summed E-state index contributed by atoms with van der Waals surface area (Å²) < 4.78 is 26.0. The van der Waals surface area contributed by atoms with E-state index < -0.39 is 17.4 Å². The second-order valence-corrected chi connectivity index (χ2v) is 4.90. The minimum absolute atomic E-state index is 0.0861. The van der Waals surface area contributed by atoms with Crippen molar-refractivity contribution in [3.05, 3.63) is 83.6 Å². The fourth-order valence-electron chi connectivity index (χ4n) is 2.09. The van der Waals surface area contributed by atoms with Crippen LogP contribution in [0.1, 0.15) is 16.1 Å². The lowest BCUT2D eigenvalue weighted by Crippen LogP contribution is -1.96.